The second-order valence-corrected chi connectivity index (χ2v) is 4.44. The summed E-state index contributed by atoms with van der Waals surface area (Å²) in [5.74, 6) is 0.632. The molecule has 0 amide bonds. The molecular weight excluding hydrogens is 196 g/mol. The second-order valence-electron chi connectivity index (χ2n) is 4.44. The lowest BCUT2D eigenvalue weighted by molar-refractivity contribution is 0.455. The summed E-state index contributed by atoms with van der Waals surface area (Å²) < 4.78 is 0. The molecule has 2 nitrogen and oxygen atoms in total. The third kappa shape index (κ3) is 1.69. The Kier molecular flexibility index (Phi) is 2.58. The number of rotatable bonds is 1. The quantitative estimate of drug-likeness (QED) is 0.786. The Labute approximate surface area is 95.7 Å². The lowest BCUT2D eigenvalue weighted by atomic mass is 9.91. The molecule has 0 saturated carbocycles. The first-order valence-electron chi connectivity index (χ1n) is 5.99. The van der Waals surface area contributed by atoms with E-state index in [-0.39, 0.29) is 0 Å². The molecule has 16 heavy (non-hydrogen) atoms. The van der Waals surface area contributed by atoms with Crippen LogP contribution in [0.5, 0.6) is 0 Å². The van der Waals surface area contributed by atoms with Gasteiger partial charge in [0, 0.05) is 17.5 Å². The third-order valence-electron chi connectivity index (χ3n) is 3.43. The second kappa shape index (κ2) is 4.22. The summed E-state index contributed by atoms with van der Waals surface area (Å²) in [7, 11) is 0. The topological polar surface area (TPSA) is 24.9 Å². The van der Waals surface area contributed by atoms with Gasteiger partial charge in [-0.25, -0.2) is 0 Å². The number of piperidine rings is 1. The number of fused-ring (bicyclic) bond motifs is 1. The first kappa shape index (κ1) is 9.79. The maximum absolute atomic E-state index is 4.60. The van der Waals surface area contributed by atoms with Crippen LogP contribution >= 0.6 is 0 Å². The van der Waals surface area contributed by atoms with Gasteiger partial charge in [0.05, 0.1) is 5.69 Å². The average Bonchev–Trinajstić information content (AvgIpc) is 2.39. The normalized spacial score (nSPS) is 17.8. The van der Waals surface area contributed by atoms with Gasteiger partial charge in [0.1, 0.15) is 0 Å². The maximum atomic E-state index is 4.60. The Balaban J connectivity index is 2.08. The van der Waals surface area contributed by atoms with Crippen LogP contribution in [0.2, 0.25) is 0 Å². The van der Waals surface area contributed by atoms with Crippen LogP contribution in [0.3, 0.4) is 0 Å². The molecule has 0 unspecified atom stereocenters. The SMILES string of the molecule is c1ccc2c(C3CCNCC3)nccc2c1. The highest BCUT2D eigenvalue weighted by Crippen LogP contribution is 2.29. The van der Waals surface area contributed by atoms with Crippen molar-refractivity contribution in [2.75, 3.05) is 13.1 Å². The zero-order chi connectivity index (χ0) is 10.8. The van der Waals surface area contributed by atoms with Crippen LogP contribution in [0.15, 0.2) is 36.5 Å². The highest BCUT2D eigenvalue weighted by atomic mass is 14.9. The van der Waals surface area contributed by atoms with Gasteiger partial charge < -0.3 is 5.32 Å². The predicted molar refractivity (Wildman–Crippen MR) is 66.6 cm³/mol. The zero-order valence-electron chi connectivity index (χ0n) is 9.32. The maximum Gasteiger partial charge on any atom is 0.0513 e. The van der Waals surface area contributed by atoms with E-state index in [9.17, 15) is 0 Å². The Morgan fingerprint density at radius 2 is 1.88 bits per heavy atom. The van der Waals surface area contributed by atoms with Crippen molar-refractivity contribution in [1.82, 2.24) is 10.3 Å². The Hall–Kier alpha value is -1.41. The minimum atomic E-state index is 0.632. The number of nitrogens with zero attached hydrogens (tertiary/aromatic N) is 1. The van der Waals surface area contributed by atoms with Gasteiger partial charge in [-0.1, -0.05) is 24.3 Å². The minimum Gasteiger partial charge on any atom is -0.317 e. The van der Waals surface area contributed by atoms with E-state index >= 15 is 0 Å². The fourth-order valence-corrected chi connectivity index (χ4v) is 2.56. The Morgan fingerprint density at radius 3 is 2.75 bits per heavy atom. The van der Waals surface area contributed by atoms with E-state index in [2.05, 4.69) is 40.6 Å². The molecule has 0 bridgehead atoms. The average molecular weight is 212 g/mol. The molecular formula is C14H16N2. The van der Waals surface area contributed by atoms with Gasteiger partial charge in [0.2, 0.25) is 0 Å². The molecule has 2 heteroatoms. The lowest BCUT2D eigenvalue weighted by Crippen LogP contribution is -2.27. The first-order chi connectivity index (χ1) is 7.95. The van der Waals surface area contributed by atoms with Crippen molar-refractivity contribution in [3.8, 4) is 0 Å². The number of pyridine rings is 1. The third-order valence-corrected chi connectivity index (χ3v) is 3.43. The van der Waals surface area contributed by atoms with Gasteiger partial charge in [-0.05, 0) is 37.4 Å². The molecule has 0 radical (unpaired) electrons. The van der Waals surface area contributed by atoms with Crippen molar-refractivity contribution in [2.45, 2.75) is 18.8 Å². The molecule has 1 fully saturated rings. The molecule has 1 aliphatic rings. The molecule has 0 aliphatic carbocycles. The predicted octanol–water partition coefficient (Wildman–Crippen LogP) is 2.70. The summed E-state index contributed by atoms with van der Waals surface area (Å²) in [5.41, 5.74) is 1.29. The monoisotopic (exact) mass is 212 g/mol. The van der Waals surface area contributed by atoms with Crippen LogP contribution < -0.4 is 5.32 Å². The summed E-state index contributed by atoms with van der Waals surface area (Å²) in [6, 6.07) is 10.7. The lowest BCUT2D eigenvalue weighted by Gasteiger charge is -2.23. The van der Waals surface area contributed by atoms with Crippen LogP contribution in [-0.2, 0) is 0 Å². The van der Waals surface area contributed by atoms with Crippen molar-refractivity contribution in [3.05, 3.63) is 42.2 Å². The molecule has 2 heterocycles. The van der Waals surface area contributed by atoms with Crippen molar-refractivity contribution < 1.29 is 0 Å². The fraction of sp³-hybridized carbons (Fsp3) is 0.357. The zero-order valence-corrected chi connectivity index (χ0v) is 9.32. The van der Waals surface area contributed by atoms with E-state index in [4.69, 9.17) is 0 Å². The van der Waals surface area contributed by atoms with Gasteiger partial charge in [-0.2, -0.15) is 0 Å². The molecule has 1 aromatic carbocycles. The summed E-state index contributed by atoms with van der Waals surface area (Å²) in [4.78, 5) is 4.60. The molecule has 2 aromatic rings. The molecule has 1 aromatic heterocycles. The largest absolute Gasteiger partial charge is 0.317 e. The summed E-state index contributed by atoms with van der Waals surface area (Å²) in [6.07, 6.45) is 4.36. The van der Waals surface area contributed by atoms with E-state index in [1.54, 1.807) is 0 Å². The van der Waals surface area contributed by atoms with E-state index in [1.807, 2.05) is 6.20 Å². The molecule has 82 valence electrons. The van der Waals surface area contributed by atoms with Gasteiger partial charge >= 0.3 is 0 Å². The fourth-order valence-electron chi connectivity index (χ4n) is 2.56. The highest BCUT2D eigenvalue weighted by molar-refractivity contribution is 5.84. The van der Waals surface area contributed by atoms with Crippen LogP contribution in [-0.4, -0.2) is 18.1 Å². The van der Waals surface area contributed by atoms with Crippen LogP contribution in [0.4, 0.5) is 0 Å². The minimum absolute atomic E-state index is 0.632. The van der Waals surface area contributed by atoms with E-state index in [0.29, 0.717) is 5.92 Å². The van der Waals surface area contributed by atoms with Crippen molar-refractivity contribution in [3.63, 3.8) is 0 Å². The Bertz CT molecular complexity index is 482. The van der Waals surface area contributed by atoms with Gasteiger partial charge in [-0.15, -0.1) is 0 Å². The van der Waals surface area contributed by atoms with E-state index < -0.39 is 0 Å². The molecule has 1 aliphatic heterocycles. The summed E-state index contributed by atoms with van der Waals surface area (Å²) in [6.45, 7) is 2.24. The van der Waals surface area contributed by atoms with Gasteiger partial charge in [-0.3, -0.25) is 4.98 Å². The summed E-state index contributed by atoms with van der Waals surface area (Å²) in [5, 5.41) is 6.05. The Morgan fingerprint density at radius 1 is 1.06 bits per heavy atom. The number of nitrogens with one attached hydrogen (secondary N) is 1. The van der Waals surface area contributed by atoms with E-state index in [1.165, 1.54) is 29.3 Å². The van der Waals surface area contributed by atoms with Crippen LogP contribution in [0.1, 0.15) is 24.5 Å². The van der Waals surface area contributed by atoms with Crippen LogP contribution in [0, 0.1) is 0 Å². The smallest absolute Gasteiger partial charge is 0.0513 e. The molecule has 1 N–H and O–H groups in total. The van der Waals surface area contributed by atoms with Crippen molar-refractivity contribution >= 4 is 10.8 Å². The number of aromatic nitrogens is 1. The highest BCUT2D eigenvalue weighted by Gasteiger charge is 2.18. The standard InChI is InChI=1S/C14H16N2/c1-2-4-13-11(3-1)7-10-16-14(13)12-5-8-15-9-6-12/h1-4,7,10,12,15H,5-6,8-9H2. The van der Waals surface area contributed by atoms with E-state index in [0.717, 1.165) is 13.1 Å². The molecule has 3 rings (SSSR count). The summed E-state index contributed by atoms with van der Waals surface area (Å²) >= 11 is 0. The van der Waals surface area contributed by atoms with Crippen molar-refractivity contribution in [1.29, 1.82) is 0 Å². The molecule has 0 spiro atoms. The molecule has 1 saturated heterocycles. The van der Waals surface area contributed by atoms with Gasteiger partial charge in [0.25, 0.3) is 0 Å². The molecule has 0 atom stereocenters. The first-order valence-corrected chi connectivity index (χ1v) is 5.99. The van der Waals surface area contributed by atoms with Gasteiger partial charge in [0.15, 0.2) is 0 Å². The van der Waals surface area contributed by atoms with Crippen LogP contribution in [0.25, 0.3) is 10.8 Å². The number of benzene rings is 1. The number of hydrogen-bond donors (Lipinski definition) is 1. The van der Waals surface area contributed by atoms with Crippen molar-refractivity contribution in [2.24, 2.45) is 0 Å². The number of hydrogen-bond acceptors (Lipinski definition) is 2.